The summed E-state index contributed by atoms with van der Waals surface area (Å²) in [6, 6.07) is 23.3. The van der Waals surface area contributed by atoms with Crippen molar-refractivity contribution < 1.29 is 14.3 Å². The molecule has 3 aromatic carbocycles. The van der Waals surface area contributed by atoms with Gasteiger partial charge in [-0.15, -0.1) is 0 Å². The van der Waals surface area contributed by atoms with Crippen LogP contribution in [0.25, 0.3) is 11.8 Å². The number of para-hydroxylation sites is 1. The van der Waals surface area contributed by atoms with E-state index in [1.54, 1.807) is 24.4 Å². The predicted molar refractivity (Wildman–Crippen MR) is 123 cm³/mol. The van der Waals surface area contributed by atoms with Crippen LogP contribution in [0, 0.1) is 6.92 Å². The first kappa shape index (κ1) is 19.8. The van der Waals surface area contributed by atoms with Crippen LogP contribution in [0.5, 0.6) is 11.5 Å². The third-order valence-electron chi connectivity index (χ3n) is 5.45. The summed E-state index contributed by atoms with van der Waals surface area (Å²) < 4.78 is 13.6. The third-order valence-corrected chi connectivity index (χ3v) is 5.45. The molecule has 4 aromatic rings. The molecule has 0 spiro atoms. The molecule has 158 valence electrons. The Morgan fingerprint density at radius 3 is 2.72 bits per heavy atom. The molecule has 0 saturated heterocycles. The Bertz CT molecular complexity index is 1310. The Labute approximate surface area is 186 Å². The first-order valence-corrected chi connectivity index (χ1v) is 10.5. The number of nitrogens with zero attached hydrogens (tertiary/aromatic N) is 2. The van der Waals surface area contributed by atoms with Gasteiger partial charge in [0.25, 0.3) is 0 Å². The monoisotopic (exact) mass is 422 g/mol. The van der Waals surface area contributed by atoms with Crippen molar-refractivity contribution >= 4 is 11.9 Å². The van der Waals surface area contributed by atoms with Crippen molar-refractivity contribution in [2.24, 2.45) is 0 Å². The summed E-state index contributed by atoms with van der Waals surface area (Å²) in [5.74, 6) is 1.19. The molecule has 0 atom stereocenters. The summed E-state index contributed by atoms with van der Waals surface area (Å²) in [7, 11) is 0. The molecule has 0 N–H and O–H groups in total. The first-order chi connectivity index (χ1) is 15.7. The van der Waals surface area contributed by atoms with Crippen LogP contribution in [0.4, 0.5) is 0 Å². The molecule has 0 radical (unpaired) electrons. The Kier molecular flexibility index (Phi) is 5.30. The van der Waals surface area contributed by atoms with Gasteiger partial charge in [0, 0.05) is 23.4 Å². The minimum absolute atomic E-state index is 0.00908. The minimum atomic E-state index is -0.00908. The van der Waals surface area contributed by atoms with Gasteiger partial charge >= 0.3 is 0 Å². The molecule has 0 bridgehead atoms. The van der Waals surface area contributed by atoms with Crippen molar-refractivity contribution in [3.8, 4) is 17.2 Å². The van der Waals surface area contributed by atoms with E-state index < -0.39 is 0 Å². The number of carbonyl (C=O) groups is 1. The van der Waals surface area contributed by atoms with Gasteiger partial charge in [-0.2, -0.15) is 5.10 Å². The Morgan fingerprint density at radius 2 is 1.88 bits per heavy atom. The highest BCUT2D eigenvalue weighted by Crippen LogP contribution is 2.32. The van der Waals surface area contributed by atoms with E-state index in [1.165, 1.54) is 0 Å². The van der Waals surface area contributed by atoms with Gasteiger partial charge in [0.05, 0.1) is 17.4 Å². The maximum Gasteiger partial charge on any atom is 0.196 e. The summed E-state index contributed by atoms with van der Waals surface area (Å²) >= 11 is 0. The molecule has 1 aromatic heterocycles. The number of ketones is 1. The van der Waals surface area contributed by atoms with Gasteiger partial charge in [0.15, 0.2) is 5.78 Å². The van der Waals surface area contributed by atoms with Gasteiger partial charge in [-0.3, -0.25) is 4.79 Å². The average molecular weight is 422 g/mol. The van der Waals surface area contributed by atoms with Crippen LogP contribution in [-0.4, -0.2) is 22.2 Å². The van der Waals surface area contributed by atoms with Gasteiger partial charge in [-0.25, -0.2) is 4.68 Å². The molecule has 0 saturated carbocycles. The quantitative estimate of drug-likeness (QED) is 0.403. The molecule has 5 rings (SSSR count). The number of hydrogen-bond acceptors (Lipinski definition) is 4. The number of hydrogen-bond donors (Lipinski definition) is 0. The number of rotatable bonds is 5. The molecule has 32 heavy (non-hydrogen) atoms. The Morgan fingerprint density at radius 1 is 1.06 bits per heavy atom. The zero-order valence-corrected chi connectivity index (χ0v) is 17.7. The third kappa shape index (κ3) is 4.05. The summed E-state index contributed by atoms with van der Waals surface area (Å²) in [5.41, 5.74) is 5.30. The second-order valence-corrected chi connectivity index (χ2v) is 7.72. The Balaban J connectivity index is 1.29. The SMILES string of the molecule is Cc1ccccc1/C=C1\COc2cc(OCc3cnn(-c4ccccc4)c3)ccc2C1=O. The van der Waals surface area contributed by atoms with Crippen LogP contribution in [0.3, 0.4) is 0 Å². The highest BCUT2D eigenvalue weighted by Gasteiger charge is 2.24. The fraction of sp³-hybridized carbons (Fsp3) is 0.111. The lowest BCUT2D eigenvalue weighted by molar-refractivity contribution is 0.100. The number of benzene rings is 3. The smallest absolute Gasteiger partial charge is 0.196 e. The molecule has 0 fully saturated rings. The second-order valence-electron chi connectivity index (χ2n) is 7.72. The number of fused-ring (bicyclic) bond motifs is 1. The maximum atomic E-state index is 13.0. The lowest BCUT2D eigenvalue weighted by Gasteiger charge is -2.20. The molecule has 5 heteroatoms. The second kappa shape index (κ2) is 8.55. The van der Waals surface area contributed by atoms with Crippen molar-refractivity contribution in [2.75, 3.05) is 6.61 Å². The van der Waals surface area contributed by atoms with Crippen LogP contribution in [0.2, 0.25) is 0 Å². The fourth-order valence-electron chi connectivity index (χ4n) is 3.66. The van der Waals surface area contributed by atoms with Gasteiger partial charge < -0.3 is 9.47 Å². The zero-order chi connectivity index (χ0) is 21.9. The van der Waals surface area contributed by atoms with E-state index in [4.69, 9.17) is 9.47 Å². The number of carbonyl (C=O) groups excluding carboxylic acids is 1. The number of Topliss-reactive ketones (excluding diaryl/α,β-unsaturated/α-hetero) is 1. The van der Waals surface area contributed by atoms with Crippen LogP contribution in [0.1, 0.15) is 27.0 Å². The van der Waals surface area contributed by atoms with Crippen LogP contribution in [-0.2, 0) is 6.61 Å². The van der Waals surface area contributed by atoms with Crippen molar-refractivity contribution in [1.29, 1.82) is 0 Å². The molecular weight excluding hydrogens is 400 g/mol. The summed E-state index contributed by atoms with van der Waals surface area (Å²) in [5, 5.41) is 4.39. The lowest BCUT2D eigenvalue weighted by Crippen LogP contribution is -2.19. The number of aryl methyl sites for hydroxylation is 1. The highest BCUT2D eigenvalue weighted by atomic mass is 16.5. The van der Waals surface area contributed by atoms with Crippen molar-refractivity contribution in [1.82, 2.24) is 9.78 Å². The zero-order valence-electron chi connectivity index (χ0n) is 17.7. The van der Waals surface area contributed by atoms with Crippen molar-refractivity contribution in [2.45, 2.75) is 13.5 Å². The van der Waals surface area contributed by atoms with E-state index in [1.807, 2.05) is 78.5 Å². The first-order valence-electron chi connectivity index (χ1n) is 10.5. The topological polar surface area (TPSA) is 53.4 Å². The molecule has 1 aliphatic rings. The van der Waals surface area contributed by atoms with E-state index in [-0.39, 0.29) is 12.4 Å². The van der Waals surface area contributed by atoms with E-state index in [0.29, 0.717) is 29.2 Å². The minimum Gasteiger partial charge on any atom is -0.489 e. The van der Waals surface area contributed by atoms with Gasteiger partial charge in [0.2, 0.25) is 0 Å². The van der Waals surface area contributed by atoms with E-state index in [0.717, 1.165) is 22.4 Å². The normalized spacial score (nSPS) is 14.2. The fourth-order valence-corrected chi connectivity index (χ4v) is 3.66. The molecule has 1 aliphatic heterocycles. The predicted octanol–water partition coefficient (Wildman–Crippen LogP) is 5.42. The van der Waals surface area contributed by atoms with Gasteiger partial charge in [-0.05, 0) is 48.4 Å². The highest BCUT2D eigenvalue weighted by molar-refractivity contribution is 6.14. The summed E-state index contributed by atoms with van der Waals surface area (Å²) in [6.07, 6.45) is 5.64. The van der Waals surface area contributed by atoms with Gasteiger partial charge in [-0.1, -0.05) is 42.5 Å². The molecule has 2 heterocycles. The molecule has 0 unspecified atom stereocenters. The van der Waals surface area contributed by atoms with Crippen LogP contribution in [0.15, 0.2) is 90.8 Å². The van der Waals surface area contributed by atoms with E-state index in [9.17, 15) is 4.79 Å². The average Bonchev–Trinajstić information content (AvgIpc) is 3.31. The van der Waals surface area contributed by atoms with E-state index >= 15 is 0 Å². The van der Waals surface area contributed by atoms with Gasteiger partial charge in [0.1, 0.15) is 24.7 Å². The number of ether oxygens (including phenoxy) is 2. The number of aromatic nitrogens is 2. The molecule has 5 nitrogen and oxygen atoms in total. The molecular formula is C27H22N2O3. The maximum absolute atomic E-state index is 13.0. The van der Waals surface area contributed by atoms with Crippen molar-refractivity contribution in [3.05, 3.63) is 113 Å². The largest absolute Gasteiger partial charge is 0.489 e. The van der Waals surface area contributed by atoms with E-state index in [2.05, 4.69) is 5.10 Å². The molecule has 0 amide bonds. The van der Waals surface area contributed by atoms with Crippen molar-refractivity contribution in [3.63, 3.8) is 0 Å². The summed E-state index contributed by atoms with van der Waals surface area (Å²) in [4.78, 5) is 13.0. The lowest BCUT2D eigenvalue weighted by atomic mass is 9.97. The summed E-state index contributed by atoms with van der Waals surface area (Å²) in [6.45, 7) is 2.65. The van der Waals surface area contributed by atoms with Crippen LogP contribution >= 0.6 is 0 Å². The van der Waals surface area contributed by atoms with Crippen LogP contribution < -0.4 is 9.47 Å². The standard InChI is InChI=1S/C27H22N2O3/c1-19-7-5-6-8-21(19)13-22-18-32-26-14-24(11-12-25(26)27(22)30)31-17-20-15-28-29(16-20)23-9-3-2-4-10-23/h2-16H,17-18H2,1H3/b22-13+. The Hall–Kier alpha value is -4.12. The molecule has 0 aliphatic carbocycles.